The fourth-order valence-corrected chi connectivity index (χ4v) is 4.14. The molecular formula is C18H26N2O2. The minimum Gasteiger partial charge on any atom is -0.392 e. The molecule has 0 bridgehead atoms. The monoisotopic (exact) mass is 302 g/mol. The summed E-state index contributed by atoms with van der Waals surface area (Å²) in [6.45, 7) is 4.84. The lowest BCUT2D eigenvalue weighted by molar-refractivity contribution is -0.132. The minimum absolute atomic E-state index is 0.145. The molecule has 22 heavy (non-hydrogen) atoms. The van der Waals surface area contributed by atoms with Crippen molar-refractivity contribution in [2.45, 2.75) is 38.8 Å². The molecule has 2 N–H and O–H groups in total. The average molecular weight is 302 g/mol. The fourth-order valence-electron chi connectivity index (χ4n) is 4.14. The molecule has 3 atom stereocenters. The topological polar surface area (TPSA) is 52.6 Å². The van der Waals surface area contributed by atoms with Gasteiger partial charge in [0.2, 0.25) is 5.91 Å². The van der Waals surface area contributed by atoms with Gasteiger partial charge in [-0.05, 0) is 31.2 Å². The standard InChI is InChI=1S/C18H26N2O2/c1-14(21)10-19-17(22)18-9-5-8-16(18)12-20(13-18)11-15-6-3-2-4-7-15/h2-4,6-7,14,16,21H,5,8-13H2,1H3,(H,19,22)/t14?,16-,18-/m1/s1. The number of hydrogen-bond donors (Lipinski definition) is 2. The molecule has 1 saturated carbocycles. The van der Waals surface area contributed by atoms with Crippen molar-refractivity contribution >= 4 is 5.91 Å². The second-order valence-electron chi connectivity index (χ2n) is 6.96. The predicted molar refractivity (Wildman–Crippen MR) is 86.2 cm³/mol. The number of nitrogens with one attached hydrogen (secondary N) is 1. The number of carbonyl (C=O) groups excluding carboxylic acids is 1. The van der Waals surface area contributed by atoms with Crippen LogP contribution >= 0.6 is 0 Å². The van der Waals surface area contributed by atoms with Crippen LogP contribution in [0.25, 0.3) is 0 Å². The number of likely N-dealkylation sites (tertiary alicyclic amines) is 1. The van der Waals surface area contributed by atoms with E-state index in [4.69, 9.17) is 0 Å². The molecule has 2 aliphatic rings. The summed E-state index contributed by atoms with van der Waals surface area (Å²) >= 11 is 0. The maximum absolute atomic E-state index is 12.7. The van der Waals surface area contributed by atoms with Gasteiger partial charge < -0.3 is 10.4 Å². The molecule has 0 spiro atoms. The summed E-state index contributed by atoms with van der Waals surface area (Å²) in [6, 6.07) is 10.5. The van der Waals surface area contributed by atoms with Crippen LogP contribution in [0.2, 0.25) is 0 Å². The lowest BCUT2D eigenvalue weighted by atomic mass is 9.80. The molecule has 1 heterocycles. The van der Waals surface area contributed by atoms with E-state index in [2.05, 4.69) is 34.5 Å². The highest BCUT2D eigenvalue weighted by Crippen LogP contribution is 2.49. The van der Waals surface area contributed by atoms with Crippen molar-refractivity contribution in [1.29, 1.82) is 0 Å². The minimum atomic E-state index is -0.484. The van der Waals surface area contributed by atoms with Gasteiger partial charge >= 0.3 is 0 Å². The summed E-state index contributed by atoms with van der Waals surface area (Å²) in [5, 5.41) is 12.4. The van der Waals surface area contributed by atoms with E-state index in [1.165, 1.54) is 5.56 Å². The highest BCUT2D eigenvalue weighted by molar-refractivity contribution is 5.84. The maximum atomic E-state index is 12.7. The van der Waals surface area contributed by atoms with Gasteiger partial charge in [-0.25, -0.2) is 0 Å². The Morgan fingerprint density at radius 1 is 1.45 bits per heavy atom. The summed E-state index contributed by atoms with van der Waals surface area (Å²) < 4.78 is 0. The fraction of sp³-hybridized carbons (Fsp3) is 0.611. The third kappa shape index (κ3) is 3.03. The lowest BCUT2D eigenvalue weighted by Crippen LogP contribution is -2.46. The molecule has 1 aliphatic carbocycles. The van der Waals surface area contributed by atoms with Gasteiger partial charge in [0.25, 0.3) is 0 Å². The zero-order valence-corrected chi connectivity index (χ0v) is 13.3. The smallest absolute Gasteiger partial charge is 0.227 e. The highest BCUT2D eigenvalue weighted by Gasteiger charge is 2.54. The van der Waals surface area contributed by atoms with Crippen LogP contribution in [0.3, 0.4) is 0 Å². The van der Waals surface area contributed by atoms with E-state index in [0.29, 0.717) is 12.5 Å². The number of fused-ring (bicyclic) bond motifs is 1. The van der Waals surface area contributed by atoms with Gasteiger partial charge in [0.15, 0.2) is 0 Å². The molecule has 0 radical (unpaired) electrons. The summed E-state index contributed by atoms with van der Waals surface area (Å²) in [5.41, 5.74) is 1.07. The van der Waals surface area contributed by atoms with Crippen molar-refractivity contribution in [2.24, 2.45) is 11.3 Å². The number of amides is 1. The predicted octanol–water partition coefficient (Wildman–Crippen LogP) is 1.79. The Hall–Kier alpha value is -1.39. The Morgan fingerprint density at radius 3 is 2.95 bits per heavy atom. The second-order valence-corrected chi connectivity index (χ2v) is 6.96. The van der Waals surface area contributed by atoms with Crippen LogP contribution in [0.5, 0.6) is 0 Å². The number of nitrogens with zero attached hydrogens (tertiary/aromatic N) is 1. The van der Waals surface area contributed by atoms with Crippen LogP contribution in [0.4, 0.5) is 0 Å². The van der Waals surface area contributed by atoms with Crippen molar-refractivity contribution in [3.8, 4) is 0 Å². The Kier molecular flexibility index (Phi) is 4.50. The summed E-state index contributed by atoms with van der Waals surface area (Å²) in [7, 11) is 0. The molecule has 1 saturated heterocycles. The first-order chi connectivity index (χ1) is 10.6. The van der Waals surface area contributed by atoms with E-state index in [1.54, 1.807) is 6.92 Å². The first-order valence-corrected chi connectivity index (χ1v) is 8.33. The highest BCUT2D eigenvalue weighted by atomic mass is 16.3. The first kappa shape index (κ1) is 15.5. The van der Waals surface area contributed by atoms with Crippen molar-refractivity contribution in [3.05, 3.63) is 35.9 Å². The van der Waals surface area contributed by atoms with Gasteiger partial charge in [-0.15, -0.1) is 0 Å². The van der Waals surface area contributed by atoms with Crippen molar-refractivity contribution in [2.75, 3.05) is 19.6 Å². The van der Waals surface area contributed by atoms with Crippen LogP contribution in [-0.2, 0) is 11.3 Å². The number of aliphatic hydroxyl groups is 1. The molecular weight excluding hydrogens is 276 g/mol. The van der Waals surface area contributed by atoms with E-state index >= 15 is 0 Å². The zero-order chi connectivity index (χ0) is 15.6. The SMILES string of the molecule is CC(O)CNC(=O)[C@@]12CCC[C@@H]1CN(Cc1ccccc1)C2. The molecule has 1 amide bonds. The van der Waals surface area contributed by atoms with Crippen LogP contribution in [-0.4, -0.2) is 41.7 Å². The maximum Gasteiger partial charge on any atom is 0.227 e. The first-order valence-electron chi connectivity index (χ1n) is 8.33. The Labute approximate surface area is 132 Å². The molecule has 4 heteroatoms. The van der Waals surface area contributed by atoms with Gasteiger partial charge in [0, 0.05) is 26.2 Å². The van der Waals surface area contributed by atoms with Gasteiger partial charge in [-0.1, -0.05) is 36.8 Å². The molecule has 3 rings (SSSR count). The number of rotatable bonds is 5. The molecule has 1 aliphatic heterocycles. The summed E-state index contributed by atoms with van der Waals surface area (Å²) in [5.74, 6) is 0.608. The molecule has 1 aromatic carbocycles. The normalized spacial score (nSPS) is 29.3. The third-order valence-electron chi connectivity index (χ3n) is 5.20. The van der Waals surface area contributed by atoms with Crippen LogP contribution in [0.1, 0.15) is 31.7 Å². The summed E-state index contributed by atoms with van der Waals surface area (Å²) in [4.78, 5) is 15.1. The number of aliphatic hydroxyl groups excluding tert-OH is 1. The van der Waals surface area contributed by atoms with E-state index < -0.39 is 6.10 Å². The van der Waals surface area contributed by atoms with E-state index in [9.17, 15) is 9.90 Å². The molecule has 4 nitrogen and oxygen atoms in total. The molecule has 1 aromatic rings. The third-order valence-corrected chi connectivity index (χ3v) is 5.20. The largest absolute Gasteiger partial charge is 0.392 e. The number of hydrogen-bond acceptors (Lipinski definition) is 3. The molecule has 1 unspecified atom stereocenters. The van der Waals surface area contributed by atoms with Crippen molar-refractivity contribution in [1.82, 2.24) is 10.2 Å². The van der Waals surface area contributed by atoms with Gasteiger partial charge in [-0.2, -0.15) is 0 Å². The quantitative estimate of drug-likeness (QED) is 0.872. The van der Waals surface area contributed by atoms with E-state index in [0.717, 1.165) is 38.9 Å². The van der Waals surface area contributed by atoms with Crippen molar-refractivity contribution < 1.29 is 9.90 Å². The number of carbonyl (C=O) groups is 1. The van der Waals surface area contributed by atoms with E-state index in [-0.39, 0.29) is 11.3 Å². The second kappa shape index (κ2) is 6.39. The molecule has 120 valence electrons. The average Bonchev–Trinajstić information content (AvgIpc) is 3.03. The summed E-state index contributed by atoms with van der Waals surface area (Å²) in [6.07, 6.45) is 2.79. The van der Waals surface area contributed by atoms with Gasteiger partial charge in [0.1, 0.15) is 0 Å². The van der Waals surface area contributed by atoms with Crippen molar-refractivity contribution in [3.63, 3.8) is 0 Å². The van der Waals surface area contributed by atoms with Crippen LogP contribution < -0.4 is 5.32 Å². The Morgan fingerprint density at radius 2 is 2.23 bits per heavy atom. The Balaban J connectivity index is 1.67. The number of benzene rings is 1. The zero-order valence-electron chi connectivity index (χ0n) is 13.3. The van der Waals surface area contributed by atoms with Crippen LogP contribution in [0.15, 0.2) is 30.3 Å². The van der Waals surface area contributed by atoms with Gasteiger partial charge in [-0.3, -0.25) is 9.69 Å². The Bertz CT molecular complexity index is 517. The lowest BCUT2D eigenvalue weighted by Gasteiger charge is -2.28. The molecule has 0 aromatic heterocycles. The van der Waals surface area contributed by atoms with E-state index in [1.807, 2.05) is 6.07 Å². The molecule has 2 fully saturated rings. The van der Waals surface area contributed by atoms with Gasteiger partial charge in [0.05, 0.1) is 11.5 Å². The van der Waals surface area contributed by atoms with Crippen LogP contribution in [0, 0.1) is 11.3 Å².